The Morgan fingerprint density at radius 1 is 0.636 bits per heavy atom. The Labute approximate surface area is 177 Å². The molecule has 3 amide bonds. The fourth-order valence-electron chi connectivity index (χ4n) is 2.19. The Balaban J connectivity index is 2.20. The summed E-state index contributed by atoms with van der Waals surface area (Å²) < 4.78 is 118. The number of halogens is 9. The summed E-state index contributed by atoms with van der Waals surface area (Å²) in [6.45, 7) is 0. The third-order valence-electron chi connectivity index (χ3n) is 3.59. The molecule has 1 N–H and O–H groups in total. The van der Waals surface area contributed by atoms with Gasteiger partial charge in [0.25, 0.3) is 0 Å². The van der Waals surface area contributed by atoms with Gasteiger partial charge in [0.2, 0.25) is 0 Å². The summed E-state index contributed by atoms with van der Waals surface area (Å²) in [6.07, 6.45) is -16.7. The summed E-state index contributed by atoms with van der Waals surface area (Å²) in [5.74, 6) is -8.56. The molecule has 0 aliphatic rings. The van der Waals surface area contributed by atoms with Gasteiger partial charge in [-0.05, 0) is 48.5 Å². The number of imide groups is 1. The third-order valence-corrected chi connectivity index (χ3v) is 3.59. The second-order valence-electron chi connectivity index (χ2n) is 6.01. The molecule has 0 radical (unpaired) electrons. The highest BCUT2D eigenvalue weighted by Gasteiger charge is 2.52. The van der Waals surface area contributed by atoms with Gasteiger partial charge in [-0.2, -0.15) is 39.5 Å². The van der Waals surface area contributed by atoms with Crippen LogP contribution in [0.4, 0.5) is 50.9 Å². The summed E-state index contributed by atoms with van der Waals surface area (Å²) in [6, 6.07) is 7.11. The Kier molecular flexibility index (Phi) is 6.94. The first-order valence-corrected chi connectivity index (χ1v) is 8.29. The van der Waals surface area contributed by atoms with Gasteiger partial charge in [0.1, 0.15) is 11.5 Å². The molecule has 0 unspecified atom stereocenters. The van der Waals surface area contributed by atoms with Crippen molar-refractivity contribution in [3.05, 3.63) is 48.5 Å². The lowest BCUT2D eigenvalue weighted by atomic mass is 10.2. The molecule has 2 aromatic carbocycles. The zero-order chi connectivity index (χ0) is 25.2. The van der Waals surface area contributed by atoms with Crippen molar-refractivity contribution in [2.24, 2.45) is 0 Å². The number of nitrogens with one attached hydrogen (secondary N) is 1. The minimum absolute atomic E-state index is 0.0395. The summed E-state index contributed by atoms with van der Waals surface area (Å²) in [7, 11) is 0. The molecule has 0 atom stereocenters. The lowest BCUT2D eigenvalue weighted by Gasteiger charge is -2.23. The maximum absolute atomic E-state index is 12.7. The largest absolute Gasteiger partial charge is 0.472 e. The van der Waals surface area contributed by atoms with Gasteiger partial charge in [-0.3, -0.25) is 14.4 Å². The molecule has 178 valence electrons. The number of rotatable bonds is 4. The van der Waals surface area contributed by atoms with Crippen LogP contribution in [0.3, 0.4) is 0 Å². The van der Waals surface area contributed by atoms with E-state index in [-0.39, 0.29) is 17.2 Å². The van der Waals surface area contributed by atoms with E-state index >= 15 is 0 Å². The minimum atomic E-state index is -5.78. The van der Waals surface area contributed by atoms with Crippen LogP contribution in [-0.2, 0) is 14.4 Å². The average Bonchev–Trinajstić information content (AvgIpc) is 2.68. The predicted molar refractivity (Wildman–Crippen MR) is 92.2 cm³/mol. The van der Waals surface area contributed by atoms with Crippen molar-refractivity contribution in [1.29, 1.82) is 0 Å². The van der Waals surface area contributed by atoms with Gasteiger partial charge in [-0.1, -0.05) is 0 Å². The van der Waals surface area contributed by atoms with E-state index in [9.17, 15) is 53.9 Å². The van der Waals surface area contributed by atoms with Crippen molar-refractivity contribution < 1.29 is 58.6 Å². The maximum atomic E-state index is 12.7. The molecule has 33 heavy (non-hydrogen) atoms. The molecule has 0 bridgehead atoms. The van der Waals surface area contributed by atoms with Crippen LogP contribution in [0.25, 0.3) is 0 Å². The van der Waals surface area contributed by atoms with Crippen LogP contribution < -0.4 is 15.0 Å². The fraction of sp³-hybridized carbons (Fsp3) is 0.167. The molecule has 2 aromatic rings. The van der Waals surface area contributed by atoms with Crippen molar-refractivity contribution in [3.8, 4) is 11.5 Å². The number of carbonyl (C=O) groups is 3. The number of amides is 3. The SMILES string of the molecule is O=C(Nc1ccc(Oc2ccc(N(C(=O)C(F)(F)F)C(=O)C(F)(F)F)cc2)cc1)C(F)(F)F. The van der Waals surface area contributed by atoms with Crippen molar-refractivity contribution in [1.82, 2.24) is 0 Å². The second-order valence-corrected chi connectivity index (χ2v) is 6.01. The first-order chi connectivity index (χ1) is 15.0. The molecule has 0 aromatic heterocycles. The number of carbonyl (C=O) groups excluding carboxylic acids is 3. The Hall–Kier alpha value is -3.78. The predicted octanol–water partition coefficient (Wildman–Crippen LogP) is 4.96. The number of hydrogen-bond donors (Lipinski definition) is 1. The van der Waals surface area contributed by atoms with Crippen molar-refractivity contribution >= 4 is 29.1 Å². The summed E-state index contributed by atoms with van der Waals surface area (Å²) in [5, 5.41) is 1.57. The normalized spacial score (nSPS) is 12.2. The molecule has 0 saturated carbocycles. The minimum Gasteiger partial charge on any atom is -0.457 e. The highest BCUT2D eigenvalue weighted by molar-refractivity contribution is 6.18. The molecular formula is C18H9F9N2O4. The summed E-state index contributed by atoms with van der Waals surface area (Å²) >= 11 is 0. The highest BCUT2D eigenvalue weighted by atomic mass is 19.4. The van der Waals surface area contributed by atoms with Gasteiger partial charge < -0.3 is 10.1 Å². The van der Waals surface area contributed by atoms with E-state index in [1.807, 2.05) is 0 Å². The fourth-order valence-corrected chi connectivity index (χ4v) is 2.19. The Morgan fingerprint density at radius 3 is 1.39 bits per heavy atom. The standard InChI is InChI=1S/C18H9F9N2O4/c19-16(20,21)13(30)28-9-1-5-11(6-2-9)33-12-7-3-10(4-8-12)29(14(31)17(22,23)24)15(32)18(25,26)27/h1-8H,(H,28,30). The number of anilines is 2. The molecule has 0 spiro atoms. The van der Waals surface area contributed by atoms with Crippen LogP contribution in [-0.4, -0.2) is 36.3 Å². The van der Waals surface area contributed by atoms with Gasteiger partial charge in [0, 0.05) is 5.69 Å². The van der Waals surface area contributed by atoms with Crippen molar-refractivity contribution in [2.45, 2.75) is 18.5 Å². The molecule has 15 heteroatoms. The molecule has 0 saturated heterocycles. The van der Waals surface area contributed by atoms with E-state index in [0.717, 1.165) is 36.4 Å². The van der Waals surface area contributed by atoms with Crippen LogP contribution >= 0.6 is 0 Å². The maximum Gasteiger partial charge on any atom is 0.472 e. The first kappa shape index (κ1) is 25.5. The average molecular weight is 488 g/mol. The quantitative estimate of drug-likeness (QED) is 0.618. The van der Waals surface area contributed by atoms with Gasteiger partial charge >= 0.3 is 36.3 Å². The topological polar surface area (TPSA) is 75.7 Å². The molecule has 0 aliphatic heterocycles. The second kappa shape index (κ2) is 8.99. The lowest BCUT2D eigenvalue weighted by molar-refractivity contribution is -0.181. The monoisotopic (exact) mass is 488 g/mol. The molecule has 6 nitrogen and oxygen atoms in total. The molecule has 0 aliphatic carbocycles. The van der Waals surface area contributed by atoms with Crippen LogP contribution in [0.2, 0.25) is 0 Å². The smallest absolute Gasteiger partial charge is 0.457 e. The highest BCUT2D eigenvalue weighted by Crippen LogP contribution is 2.31. The first-order valence-electron chi connectivity index (χ1n) is 8.29. The van der Waals surface area contributed by atoms with E-state index in [1.54, 1.807) is 5.32 Å². The molecule has 0 fully saturated rings. The van der Waals surface area contributed by atoms with Crippen LogP contribution in [0.5, 0.6) is 11.5 Å². The van der Waals surface area contributed by atoms with Crippen LogP contribution in [0.15, 0.2) is 48.5 Å². The number of hydrogen-bond acceptors (Lipinski definition) is 4. The Bertz CT molecular complexity index is 1000. The van der Waals surface area contributed by atoms with E-state index in [2.05, 4.69) is 0 Å². The van der Waals surface area contributed by atoms with E-state index in [1.165, 1.54) is 0 Å². The van der Waals surface area contributed by atoms with Crippen LogP contribution in [0, 0.1) is 0 Å². The zero-order valence-corrected chi connectivity index (χ0v) is 15.6. The van der Waals surface area contributed by atoms with Crippen LogP contribution in [0.1, 0.15) is 0 Å². The lowest BCUT2D eigenvalue weighted by Crippen LogP contribution is -2.50. The van der Waals surface area contributed by atoms with E-state index < -0.39 is 46.8 Å². The molecular weight excluding hydrogens is 479 g/mol. The Morgan fingerprint density at radius 2 is 1.03 bits per heavy atom. The van der Waals surface area contributed by atoms with E-state index in [0.29, 0.717) is 12.1 Å². The zero-order valence-electron chi connectivity index (χ0n) is 15.6. The van der Waals surface area contributed by atoms with Gasteiger partial charge in [0.15, 0.2) is 0 Å². The third kappa shape index (κ3) is 6.60. The number of nitrogens with zero attached hydrogens (tertiary/aromatic N) is 1. The van der Waals surface area contributed by atoms with Gasteiger partial charge in [0.05, 0.1) is 5.69 Å². The van der Waals surface area contributed by atoms with Crippen molar-refractivity contribution in [2.75, 3.05) is 10.2 Å². The number of benzene rings is 2. The summed E-state index contributed by atoms with van der Waals surface area (Å²) in [5.41, 5.74) is -1.29. The number of ether oxygens (including phenoxy) is 1. The molecule has 2 rings (SSSR count). The van der Waals surface area contributed by atoms with Crippen molar-refractivity contribution in [3.63, 3.8) is 0 Å². The molecule has 0 heterocycles. The van der Waals surface area contributed by atoms with Gasteiger partial charge in [-0.25, -0.2) is 4.90 Å². The summed E-state index contributed by atoms with van der Waals surface area (Å²) in [4.78, 5) is 32.5. The van der Waals surface area contributed by atoms with E-state index in [4.69, 9.17) is 4.74 Å². The number of alkyl halides is 9. The van der Waals surface area contributed by atoms with Gasteiger partial charge in [-0.15, -0.1) is 0 Å².